The van der Waals surface area contributed by atoms with Crippen molar-refractivity contribution >= 4 is 33.3 Å². The third-order valence-electron chi connectivity index (χ3n) is 2.31. The van der Waals surface area contributed by atoms with E-state index in [-0.39, 0.29) is 11.3 Å². The Morgan fingerprint density at radius 3 is 2.73 bits per heavy atom. The number of nitrogens with two attached hydrogens (primary N) is 1. The third kappa shape index (κ3) is 2.23. The monoisotopic (exact) mass is 270 g/mol. The molecule has 0 aliphatic heterocycles. The van der Waals surface area contributed by atoms with E-state index in [1.165, 1.54) is 0 Å². The molecule has 1 saturated carbocycles. The van der Waals surface area contributed by atoms with Gasteiger partial charge in [0.25, 0.3) is 0 Å². The zero-order valence-electron chi connectivity index (χ0n) is 7.96. The number of nitrogens with one attached hydrogen (secondary N) is 1. The molecule has 4 N–H and O–H groups in total. The van der Waals surface area contributed by atoms with Crippen molar-refractivity contribution in [3.05, 3.63) is 22.2 Å². The Kier molecular flexibility index (Phi) is 2.56. The molecule has 80 valence electrons. The van der Waals surface area contributed by atoms with Crippen molar-refractivity contribution in [1.29, 1.82) is 0 Å². The molecule has 0 atom stereocenters. The lowest BCUT2D eigenvalue weighted by molar-refractivity contribution is 0.0698. The third-order valence-corrected chi connectivity index (χ3v) is 2.96. The smallest absolute Gasteiger partial charge is 0.337 e. The maximum Gasteiger partial charge on any atom is 0.337 e. The van der Waals surface area contributed by atoms with Gasteiger partial charge in [0.2, 0.25) is 0 Å². The lowest BCUT2D eigenvalue weighted by Crippen LogP contribution is -2.07. The molecule has 0 amide bonds. The van der Waals surface area contributed by atoms with Gasteiger partial charge in [0.05, 0.1) is 5.56 Å². The summed E-state index contributed by atoms with van der Waals surface area (Å²) in [6.07, 6.45) is 2.28. The van der Waals surface area contributed by atoms with Gasteiger partial charge in [-0.15, -0.1) is 0 Å². The van der Waals surface area contributed by atoms with Crippen LogP contribution in [0, 0.1) is 0 Å². The van der Waals surface area contributed by atoms with Crippen LogP contribution in [0.15, 0.2) is 16.6 Å². The van der Waals surface area contributed by atoms with E-state index in [1.807, 2.05) is 0 Å². The van der Waals surface area contributed by atoms with Gasteiger partial charge in [0.15, 0.2) is 0 Å². The van der Waals surface area contributed by atoms with Gasteiger partial charge in [-0.3, -0.25) is 0 Å². The van der Waals surface area contributed by atoms with Gasteiger partial charge in [-0.25, -0.2) is 4.79 Å². The van der Waals surface area contributed by atoms with E-state index in [9.17, 15) is 4.79 Å². The van der Waals surface area contributed by atoms with Crippen LogP contribution in [0.2, 0.25) is 0 Å². The quantitative estimate of drug-likeness (QED) is 0.737. The van der Waals surface area contributed by atoms with Crippen molar-refractivity contribution < 1.29 is 9.90 Å². The minimum absolute atomic E-state index is 0.140. The van der Waals surface area contributed by atoms with Gasteiger partial charge in [-0.05, 0) is 40.9 Å². The van der Waals surface area contributed by atoms with Crippen molar-refractivity contribution in [2.24, 2.45) is 0 Å². The van der Waals surface area contributed by atoms with Crippen LogP contribution in [0.3, 0.4) is 0 Å². The average molecular weight is 271 g/mol. The molecular weight excluding hydrogens is 260 g/mol. The number of halogens is 1. The van der Waals surface area contributed by atoms with Crippen molar-refractivity contribution in [1.82, 2.24) is 0 Å². The SMILES string of the molecule is Nc1cc(Br)c(NC2CC2)cc1C(=O)O. The Morgan fingerprint density at radius 1 is 1.53 bits per heavy atom. The average Bonchev–Trinajstić information content (AvgIpc) is 2.92. The minimum atomic E-state index is -1.00. The van der Waals surface area contributed by atoms with Gasteiger partial charge in [-0.2, -0.15) is 0 Å². The first-order chi connectivity index (χ1) is 7.08. The van der Waals surface area contributed by atoms with E-state index in [1.54, 1.807) is 12.1 Å². The van der Waals surface area contributed by atoms with Crippen LogP contribution in [0.1, 0.15) is 23.2 Å². The van der Waals surface area contributed by atoms with Gasteiger partial charge in [-0.1, -0.05) is 0 Å². The molecule has 4 nitrogen and oxygen atoms in total. The van der Waals surface area contributed by atoms with E-state index in [2.05, 4.69) is 21.2 Å². The van der Waals surface area contributed by atoms with Crippen LogP contribution in [0.25, 0.3) is 0 Å². The normalized spacial score (nSPS) is 15.0. The number of benzene rings is 1. The Balaban J connectivity index is 2.35. The Hall–Kier alpha value is -1.23. The maximum atomic E-state index is 10.9. The predicted octanol–water partition coefficient (Wildman–Crippen LogP) is 2.30. The van der Waals surface area contributed by atoms with Crippen molar-refractivity contribution in [3.8, 4) is 0 Å². The first-order valence-corrected chi connectivity index (χ1v) is 5.46. The number of carboxylic acids is 1. The maximum absolute atomic E-state index is 10.9. The van der Waals surface area contributed by atoms with Crippen LogP contribution in [-0.2, 0) is 0 Å². The Morgan fingerprint density at radius 2 is 2.20 bits per heavy atom. The number of aromatic carboxylic acids is 1. The Labute approximate surface area is 95.6 Å². The fraction of sp³-hybridized carbons (Fsp3) is 0.300. The minimum Gasteiger partial charge on any atom is -0.478 e. The molecule has 0 spiro atoms. The second kappa shape index (κ2) is 3.73. The molecule has 1 aromatic carbocycles. The summed E-state index contributed by atoms with van der Waals surface area (Å²) in [6, 6.07) is 3.67. The zero-order chi connectivity index (χ0) is 11.0. The summed E-state index contributed by atoms with van der Waals surface area (Å²) in [6.45, 7) is 0. The highest BCUT2D eigenvalue weighted by molar-refractivity contribution is 9.10. The van der Waals surface area contributed by atoms with Crippen LogP contribution >= 0.6 is 15.9 Å². The molecule has 1 aromatic rings. The lowest BCUT2D eigenvalue weighted by atomic mass is 10.1. The summed E-state index contributed by atoms with van der Waals surface area (Å²) in [4.78, 5) is 10.9. The molecule has 0 radical (unpaired) electrons. The summed E-state index contributed by atoms with van der Waals surface area (Å²) in [5, 5.41) is 12.1. The summed E-state index contributed by atoms with van der Waals surface area (Å²) in [7, 11) is 0. The number of hydrogen-bond donors (Lipinski definition) is 3. The molecule has 0 heterocycles. The molecule has 15 heavy (non-hydrogen) atoms. The topological polar surface area (TPSA) is 75.3 Å². The van der Waals surface area contributed by atoms with Crippen molar-refractivity contribution in [2.45, 2.75) is 18.9 Å². The van der Waals surface area contributed by atoms with Crippen LogP contribution in [0.5, 0.6) is 0 Å². The predicted molar refractivity (Wildman–Crippen MR) is 62.2 cm³/mol. The number of nitrogen functional groups attached to an aromatic ring is 1. The van der Waals surface area contributed by atoms with Crippen LogP contribution in [-0.4, -0.2) is 17.1 Å². The summed E-state index contributed by atoms with van der Waals surface area (Å²) < 4.78 is 0.803. The molecule has 1 aliphatic rings. The molecule has 1 aliphatic carbocycles. The van der Waals surface area contributed by atoms with E-state index in [0.717, 1.165) is 23.0 Å². The van der Waals surface area contributed by atoms with Crippen molar-refractivity contribution in [2.75, 3.05) is 11.1 Å². The molecule has 0 bridgehead atoms. The molecule has 2 rings (SSSR count). The molecule has 0 aromatic heterocycles. The van der Waals surface area contributed by atoms with E-state index in [0.29, 0.717) is 6.04 Å². The van der Waals surface area contributed by atoms with Gasteiger partial charge < -0.3 is 16.2 Å². The number of carboxylic acid groups (broad SMARTS) is 1. The Bertz CT molecular complexity index is 416. The highest BCUT2D eigenvalue weighted by atomic mass is 79.9. The molecular formula is C10H11BrN2O2. The largest absolute Gasteiger partial charge is 0.478 e. The second-order valence-electron chi connectivity index (χ2n) is 3.64. The van der Waals surface area contributed by atoms with Crippen LogP contribution in [0.4, 0.5) is 11.4 Å². The molecule has 0 unspecified atom stereocenters. The lowest BCUT2D eigenvalue weighted by Gasteiger charge is -2.10. The number of hydrogen-bond acceptors (Lipinski definition) is 3. The van der Waals surface area contributed by atoms with Crippen LogP contribution < -0.4 is 11.1 Å². The molecule has 0 saturated heterocycles. The van der Waals surface area contributed by atoms with Gasteiger partial charge in [0, 0.05) is 21.9 Å². The highest BCUT2D eigenvalue weighted by Crippen LogP contribution is 2.32. The summed E-state index contributed by atoms with van der Waals surface area (Å²) in [5.74, 6) is -1.00. The van der Waals surface area contributed by atoms with Gasteiger partial charge >= 0.3 is 5.97 Å². The first-order valence-electron chi connectivity index (χ1n) is 4.67. The fourth-order valence-electron chi connectivity index (χ4n) is 1.33. The number of rotatable bonds is 3. The van der Waals surface area contributed by atoms with Gasteiger partial charge in [0.1, 0.15) is 0 Å². The number of anilines is 2. The van der Waals surface area contributed by atoms with E-state index in [4.69, 9.17) is 10.8 Å². The first kappa shape index (κ1) is 10.3. The highest BCUT2D eigenvalue weighted by Gasteiger charge is 2.22. The second-order valence-corrected chi connectivity index (χ2v) is 4.50. The van der Waals surface area contributed by atoms with E-state index < -0.39 is 5.97 Å². The van der Waals surface area contributed by atoms with Crippen molar-refractivity contribution in [3.63, 3.8) is 0 Å². The summed E-state index contributed by atoms with van der Waals surface area (Å²) in [5.41, 5.74) is 6.81. The standard InChI is InChI=1S/C10H11BrN2O2/c11-7-4-8(12)6(10(14)15)3-9(7)13-5-1-2-5/h3-5,13H,1-2,12H2,(H,14,15). The van der Waals surface area contributed by atoms with E-state index >= 15 is 0 Å². The zero-order valence-corrected chi connectivity index (χ0v) is 9.54. The molecule has 5 heteroatoms. The summed E-state index contributed by atoms with van der Waals surface area (Å²) >= 11 is 3.35. The number of carbonyl (C=O) groups is 1. The fourth-order valence-corrected chi connectivity index (χ4v) is 1.81. The molecule has 1 fully saturated rings.